The highest BCUT2D eigenvalue weighted by Crippen LogP contribution is 2.14. The van der Waals surface area contributed by atoms with Crippen molar-refractivity contribution in [1.29, 1.82) is 0 Å². The number of unbranched alkanes of at least 4 members (excludes halogenated alkanes) is 20. The third kappa shape index (κ3) is 65.6. The van der Waals surface area contributed by atoms with Gasteiger partial charge in [0.15, 0.2) is 6.10 Å². The molecule has 460 valence electrons. The summed E-state index contributed by atoms with van der Waals surface area (Å²) in [5.74, 6) is -1.07. The molecule has 0 saturated carbocycles. The van der Waals surface area contributed by atoms with Gasteiger partial charge >= 0.3 is 17.9 Å². The summed E-state index contributed by atoms with van der Waals surface area (Å²) in [4.78, 5) is 38.2. The van der Waals surface area contributed by atoms with E-state index in [4.69, 9.17) is 14.2 Å². The van der Waals surface area contributed by atoms with E-state index >= 15 is 0 Å². The highest BCUT2D eigenvalue weighted by atomic mass is 16.6. The molecule has 1 atom stereocenters. The maximum atomic E-state index is 12.8. The summed E-state index contributed by atoms with van der Waals surface area (Å²) in [6, 6.07) is 0. The van der Waals surface area contributed by atoms with E-state index in [0.29, 0.717) is 19.3 Å². The Labute approximate surface area is 504 Å². The Bertz CT molecular complexity index is 1870. The Hall–Kier alpha value is -5.23. The van der Waals surface area contributed by atoms with Gasteiger partial charge in [-0.2, -0.15) is 0 Å². The molecule has 0 aliphatic carbocycles. The Balaban J connectivity index is 4.31. The maximum Gasteiger partial charge on any atom is 0.310 e. The van der Waals surface area contributed by atoms with E-state index in [0.717, 1.165) is 135 Å². The van der Waals surface area contributed by atoms with Crippen LogP contribution < -0.4 is 0 Å². The Morgan fingerprint density at radius 2 is 0.512 bits per heavy atom. The standard InChI is InChI=1S/C76H120O6/c1-4-7-10-13-16-19-22-25-28-29-30-31-32-33-34-35-36-37-38-39-40-41-42-43-44-45-46-47-49-51-54-57-60-63-66-69-75(78)81-72-73(71-80-74(77)68-65-62-59-56-53-50-27-24-21-18-15-12-9-6-3)82-76(79)70-67-64-61-58-55-52-48-26-23-20-17-14-11-8-5-2/h7-8,10-11,16-17,19-20,24-28,30-31,33-34,36-37,39-40,42-43,48,55,58,64,67,73H,4-6,9,12-15,18,21-23,29,32,35,38,41,44-47,49-54,56-57,59-63,65-66,68-72H2,1-3H3/b10-7-,11-8-,19-16-,20-17-,27-24-,28-25-,31-30-,34-33-,37-36-,40-39-,43-42-,48-26-,58-55-,67-64-. The van der Waals surface area contributed by atoms with Crippen LogP contribution in [0.2, 0.25) is 0 Å². The highest BCUT2D eigenvalue weighted by molar-refractivity contribution is 5.72. The van der Waals surface area contributed by atoms with Crippen molar-refractivity contribution in [3.8, 4) is 0 Å². The number of allylic oxidation sites excluding steroid dienone is 27. The number of ether oxygens (including phenoxy) is 3. The first kappa shape index (κ1) is 76.8. The third-order valence-corrected chi connectivity index (χ3v) is 13.5. The number of hydrogen-bond donors (Lipinski definition) is 0. The molecule has 82 heavy (non-hydrogen) atoms. The van der Waals surface area contributed by atoms with Gasteiger partial charge in [0.1, 0.15) is 13.2 Å². The lowest BCUT2D eigenvalue weighted by Crippen LogP contribution is -2.30. The van der Waals surface area contributed by atoms with Crippen molar-refractivity contribution in [3.05, 3.63) is 170 Å². The predicted molar refractivity (Wildman–Crippen MR) is 357 cm³/mol. The van der Waals surface area contributed by atoms with Crippen LogP contribution in [0.5, 0.6) is 0 Å². The zero-order valence-corrected chi connectivity index (χ0v) is 52.7. The molecule has 0 aromatic heterocycles. The summed E-state index contributed by atoms with van der Waals surface area (Å²) in [7, 11) is 0. The summed E-state index contributed by atoms with van der Waals surface area (Å²) in [5.41, 5.74) is 0. The van der Waals surface area contributed by atoms with Gasteiger partial charge in [0.2, 0.25) is 0 Å². The van der Waals surface area contributed by atoms with Crippen molar-refractivity contribution in [2.75, 3.05) is 13.2 Å². The third-order valence-electron chi connectivity index (χ3n) is 13.5. The van der Waals surface area contributed by atoms with E-state index in [-0.39, 0.29) is 31.6 Å². The van der Waals surface area contributed by atoms with E-state index in [1.54, 1.807) is 6.08 Å². The molecule has 0 radical (unpaired) electrons. The minimum atomic E-state index is -0.845. The molecular weight excluding hydrogens is 1010 g/mol. The van der Waals surface area contributed by atoms with Crippen LogP contribution in [0.1, 0.15) is 271 Å². The van der Waals surface area contributed by atoms with Gasteiger partial charge in [-0.15, -0.1) is 0 Å². The molecule has 0 aromatic carbocycles. The molecule has 0 rings (SSSR count). The number of hydrogen-bond acceptors (Lipinski definition) is 6. The minimum absolute atomic E-state index is 0.0879. The monoisotopic (exact) mass is 1130 g/mol. The van der Waals surface area contributed by atoms with Crippen LogP contribution in [0.4, 0.5) is 0 Å². The van der Waals surface area contributed by atoms with Crippen LogP contribution in [-0.2, 0) is 28.6 Å². The second-order valence-electron chi connectivity index (χ2n) is 21.3. The topological polar surface area (TPSA) is 78.9 Å². The Kier molecular flexibility index (Phi) is 63.9. The van der Waals surface area contributed by atoms with Gasteiger partial charge in [-0.3, -0.25) is 14.4 Å². The summed E-state index contributed by atoms with van der Waals surface area (Å²) in [5, 5.41) is 0. The van der Waals surface area contributed by atoms with Crippen LogP contribution in [0.25, 0.3) is 0 Å². The normalized spacial score (nSPS) is 13.3. The first-order valence-electron chi connectivity index (χ1n) is 33.1. The zero-order chi connectivity index (χ0) is 59.2. The molecule has 6 nitrogen and oxygen atoms in total. The fraction of sp³-hybridized carbons (Fsp3) is 0.592. The van der Waals surface area contributed by atoms with Crippen molar-refractivity contribution < 1.29 is 28.6 Å². The summed E-state index contributed by atoms with van der Waals surface area (Å²) in [6.07, 6.45) is 101. The van der Waals surface area contributed by atoms with Crippen LogP contribution in [0.15, 0.2) is 170 Å². The quantitative estimate of drug-likeness (QED) is 0.0261. The van der Waals surface area contributed by atoms with Crippen LogP contribution in [0.3, 0.4) is 0 Å². The molecule has 0 spiro atoms. The predicted octanol–water partition coefficient (Wildman–Crippen LogP) is 23.0. The molecule has 6 heteroatoms. The molecule has 0 N–H and O–H groups in total. The molecule has 0 heterocycles. The first-order chi connectivity index (χ1) is 40.5. The van der Waals surface area contributed by atoms with Crippen molar-refractivity contribution in [2.45, 2.75) is 277 Å². The van der Waals surface area contributed by atoms with Gasteiger partial charge in [0.05, 0.1) is 6.42 Å². The van der Waals surface area contributed by atoms with E-state index < -0.39 is 12.1 Å². The number of rotatable bonds is 58. The fourth-order valence-electron chi connectivity index (χ4n) is 8.59. The first-order valence-corrected chi connectivity index (χ1v) is 33.1. The summed E-state index contributed by atoms with van der Waals surface area (Å²) < 4.78 is 16.8. The van der Waals surface area contributed by atoms with Crippen LogP contribution in [0, 0.1) is 0 Å². The van der Waals surface area contributed by atoms with E-state index in [9.17, 15) is 14.4 Å². The van der Waals surface area contributed by atoms with Gasteiger partial charge < -0.3 is 14.2 Å². The largest absolute Gasteiger partial charge is 0.462 e. The van der Waals surface area contributed by atoms with E-state index in [2.05, 4.69) is 179 Å². The fourth-order valence-corrected chi connectivity index (χ4v) is 8.59. The van der Waals surface area contributed by atoms with Crippen molar-refractivity contribution in [3.63, 3.8) is 0 Å². The van der Waals surface area contributed by atoms with Crippen molar-refractivity contribution >= 4 is 17.9 Å². The maximum absolute atomic E-state index is 12.8. The smallest absolute Gasteiger partial charge is 0.310 e. The summed E-state index contributed by atoms with van der Waals surface area (Å²) >= 11 is 0. The Morgan fingerprint density at radius 3 is 0.817 bits per heavy atom. The minimum Gasteiger partial charge on any atom is -0.462 e. The SMILES string of the molecule is CC/C=C\C/C=C\C/C=C\C/C=C\C/C=C\C/C=C\C/C=C\C/C=C\CCCCCCCCCCCCC(=O)OCC(COC(=O)CCCCCCC/C=C\CCCCCCC)OC(=O)C/C=C\C/C=C\C/C=C\C/C=C\C/C=C\CC. The number of carbonyl (C=O) groups is 3. The lowest BCUT2D eigenvalue weighted by atomic mass is 10.1. The van der Waals surface area contributed by atoms with Gasteiger partial charge in [0.25, 0.3) is 0 Å². The summed E-state index contributed by atoms with van der Waals surface area (Å²) in [6.45, 7) is 6.30. The van der Waals surface area contributed by atoms with Crippen LogP contribution in [-0.4, -0.2) is 37.2 Å². The van der Waals surface area contributed by atoms with Gasteiger partial charge in [-0.1, -0.05) is 287 Å². The Morgan fingerprint density at radius 1 is 0.268 bits per heavy atom. The van der Waals surface area contributed by atoms with Gasteiger partial charge in [-0.05, 0) is 135 Å². The second-order valence-corrected chi connectivity index (χ2v) is 21.3. The molecule has 1 unspecified atom stereocenters. The lowest BCUT2D eigenvalue weighted by molar-refractivity contribution is -0.166. The average molecular weight is 1130 g/mol. The van der Waals surface area contributed by atoms with Gasteiger partial charge in [-0.25, -0.2) is 0 Å². The molecule has 0 aliphatic heterocycles. The molecule has 0 saturated heterocycles. The van der Waals surface area contributed by atoms with Crippen LogP contribution >= 0.6 is 0 Å². The van der Waals surface area contributed by atoms with E-state index in [1.807, 2.05) is 6.08 Å². The molecular formula is C76H120O6. The lowest BCUT2D eigenvalue weighted by Gasteiger charge is -2.18. The molecule has 0 fully saturated rings. The van der Waals surface area contributed by atoms with Crippen molar-refractivity contribution in [2.24, 2.45) is 0 Å². The average Bonchev–Trinajstić information content (AvgIpc) is 3.48. The number of carbonyl (C=O) groups excluding carboxylic acids is 3. The van der Waals surface area contributed by atoms with Crippen molar-refractivity contribution in [1.82, 2.24) is 0 Å². The second kappa shape index (κ2) is 68.3. The zero-order valence-electron chi connectivity index (χ0n) is 52.7. The van der Waals surface area contributed by atoms with Gasteiger partial charge in [0, 0.05) is 12.8 Å². The van der Waals surface area contributed by atoms with E-state index in [1.165, 1.54) is 89.9 Å². The number of esters is 3. The molecule has 0 aromatic rings. The molecule has 0 bridgehead atoms. The molecule has 0 aliphatic rings. The highest BCUT2D eigenvalue weighted by Gasteiger charge is 2.19. The molecule has 0 amide bonds.